The first-order valence-electron chi connectivity index (χ1n) is 9.65. The van der Waals surface area contributed by atoms with Gasteiger partial charge < -0.3 is 14.6 Å². The summed E-state index contributed by atoms with van der Waals surface area (Å²) in [5.41, 5.74) is 2.10. The number of anilines is 1. The van der Waals surface area contributed by atoms with Crippen molar-refractivity contribution in [2.45, 2.75) is 18.9 Å². The van der Waals surface area contributed by atoms with E-state index in [1.807, 2.05) is 6.07 Å². The number of rotatable bonds is 4. The highest BCUT2D eigenvalue weighted by atomic mass is 19.1. The van der Waals surface area contributed by atoms with Crippen LogP contribution >= 0.6 is 0 Å². The molecular formula is C21H18F2N6O. The van der Waals surface area contributed by atoms with Gasteiger partial charge in [-0.1, -0.05) is 0 Å². The maximum absolute atomic E-state index is 13.9. The largest absolute Gasteiger partial charge is 0.487 e. The lowest BCUT2D eigenvalue weighted by molar-refractivity contribution is 0.163. The van der Waals surface area contributed by atoms with Gasteiger partial charge in [0.25, 0.3) is 0 Å². The number of imidazole rings is 1. The fourth-order valence-electron chi connectivity index (χ4n) is 3.61. The molecular weight excluding hydrogens is 390 g/mol. The van der Waals surface area contributed by atoms with Gasteiger partial charge in [0.05, 0.1) is 11.7 Å². The fourth-order valence-corrected chi connectivity index (χ4v) is 3.61. The van der Waals surface area contributed by atoms with Crippen LogP contribution in [0.25, 0.3) is 22.6 Å². The van der Waals surface area contributed by atoms with Crippen LogP contribution in [-0.4, -0.2) is 44.1 Å². The number of hydrogen-bond donors (Lipinski definition) is 1. The van der Waals surface area contributed by atoms with Crippen molar-refractivity contribution < 1.29 is 13.5 Å². The molecule has 0 spiro atoms. The number of aromatic nitrogens is 5. The first-order chi connectivity index (χ1) is 14.7. The molecule has 1 aliphatic rings. The minimum Gasteiger partial charge on any atom is -0.487 e. The number of nitrogens with one attached hydrogen (secondary N) is 1. The zero-order valence-corrected chi connectivity index (χ0v) is 15.9. The summed E-state index contributed by atoms with van der Waals surface area (Å²) < 4.78 is 32.8. The van der Waals surface area contributed by atoms with Crippen LogP contribution in [0.1, 0.15) is 12.8 Å². The van der Waals surface area contributed by atoms with E-state index in [1.54, 1.807) is 24.8 Å². The summed E-state index contributed by atoms with van der Waals surface area (Å²) in [6, 6.07) is 5.18. The highest BCUT2D eigenvalue weighted by Crippen LogP contribution is 2.30. The maximum Gasteiger partial charge on any atom is 0.167 e. The quantitative estimate of drug-likeness (QED) is 0.554. The second kappa shape index (κ2) is 7.66. The standard InChI is InChI=1S/C21H18F2N6O/c22-13-1-2-18(15(23)11-13)30-14-4-9-29(10-5-14)21-19(20-25-7-8-26-20)27-17-12-24-6-3-16(17)28-21/h1-3,6-8,11-12,14H,4-5,9-10H2,(H,25,26). The number of aromatic amines is 1. The van der Waals surface area contributed by atoms with E-state index < -0.39 is 11.6 Å². The Kier molecular flexibility index (Phi) is 4.70. The molecule has 0 amide bonds. The van der Waals surface area contributed by atoms with Gasteiger partial charge >= 0.3 is 0 Å². The van der Waals surface area contributed by atoms with Crippen molar-refractivity contribution in [1.82, 2.24) is 24.9 Å². The topological polar surface area (TPSA) is 79.8 Å². The normalized spacial score (nSPS) is 14.9. The average Bonchev–Trinajstić information content (AvgIpc) is 3.30. The molecule has 0 aliphatic carbocycles. The second-order valence-corrected chi connectivity index (χ2v) is 7.08. The first kappa shape index (κ1) is 18.4. The van der Waals surface area contributed by atoms with Crippen LogP contribution < -0.4 is 9.64 Å². The third-order valence-electron chi connectivity index (χ3n) is 5.10. The molecule has 1 aromatic carbocycles. The molecule has 30 heavy (non-hydrogen) atoms. The summed E-state index contributed by atoms with van der Waals surface area (Å²) in [4.78, 5) is 23.2. The average molecular weight is 408 g/mol. The molecule has 0 bridgehead atoms. The molecule has 0 radical (unpaired) electrons. The highest BCUT2D eigenvalue weighted by Gasteiger charge is 2.26. The lowest BCUT2D eigenvalue weighted by atomic mass is 10.1. The Morgan fingerprint density at radius 2 is 1.90 bits per heavy atom. The number of H-pyrrole nitrogens is 1. The molecule has 0 atom stereocenters. The van der Waals surface area contributed by atoms with E-state index in [0.29, 0.717) is 43.0 Å². The van der Waals surface area contributed by atoms with E-state index in [4.69, 9.17) is 14.7 Å². The summed E-state index contributed by atoms with van der Waals surface area (Å²) in [7, 11) is 0. The van der Waals surface area contributed by atoms with Crippen LogP contribution in [-0.2, 0) is 0 Å². The summed E-state index contributed by atoms with van der Waals surface area (Å²) in [6.07, 6.45) is 7.96. The molecule has 1 aliphatic heterocycles. The number of pyridine rings is 1. The van der Waals surface area contributed by atoms with Crippen molar-refractivity contribution in [2.24, 2.45) is 0 Å². The van der Waals surface area contributed by atoms with E-state index in [1.165, 1.54) is 12.1 Å². The van der Waals surface area contributed by atoms with Crippen LogP contribution in [0, 0.1) is 11.6 Å². The van der Waals surface area contributed by atoms with Gasteiger partial charge in [-0.15, -0.1) is 0 Å². The van der Waals surface area contributed by atoms with Crippen LogP contribution in [0.3, 0.4) is 0 Å². The monoisotopic (exact) mass is 408 g/mol. The van der Waals surface area contributed by atoms with Gasteiger partial charge in [0.15, 0.2) is 23.2 Å². The Hall–Kier alpha value is -3.62. The number of piperidine rings is 1. The number of nitrogens with zero attached hydrogens (tertiary/aromatic N) is 5. The number of halogens is 2. The van der Waals surface area contributed by atoms with Crippen LogP contribution in [0.2, 0.25) is 0 Å². The van der Waals surface area contributed by atoms with E-state index >= 15 is 0 Å². The molecule has 4 aromatic rings. The summed E-state index contributed by atoms with van der Waals surface area (Å²) in [6.45, 7) is 1.32. The first-order valence-corrected chi connectivity index (χ1v) is 9.65. The Morgan fingerprint density at radius 1 is 1.03 bits per heavy atom. The molecule has 9 heteroatoms. The molecule has 1 fully saturated rings. The Morgan fingerprint density at radius 3 is 2.67 bits per heavy atom. The number of hydrogen-bond acceptors (Lipinski definition) is 6. The molecule has 152 valence electrons. The van der Waals surface area contributed by atoms with E-state index in [0.717, 1.165) is 17.4 Å². The van der Waals surface area contributed by atoms with E-state index in [-0.39, 0.29) is 11.9 Å². The predicted molar refractivity (Wildman–Crippen MR) is 107 cm³/mol. The van der Waals surface area contributed by atoms with Crippen molar-refractivity contribution in [1.29, 1.82) is 0 Å². The Balaban J connectivity index is 1.38. The summed E-state index contributed by atoms with van der Waals surface area (Å²) in [5, 5.41) is 0. The zero-order valence-electron chi connectivity index (χ0n) is 15.9. The van der Waals surface area contributed by atoms with E-state index in [2.05, 4.69) is 19.9 Å². The summed E-state index contributed by atoms with van der Waals surface area (Å²) >= 11 is 0. The molecule has 7 nitrogen and oxygen atoms in total. The Labute approximate surface area is 170 Å². The smallest absolute Gasteiger partial charge is 0.167 e. The molecule has 3 aromatic heterocycles. The zero-order chi connectivity index (χ0) is 20.5. The number of benzene rings is 1. The van der Waals surface area contributed by atoms with Crippen molar-refractivity contribution in [2.75, 3.05) is 18.0 Å². The van der Waals surface area contributed by atoms with Gasteiger partial charge in [0.1, 0.15) is 23.1 Å². The molecule has 5 rings (SSSR count). The predicted octanol–water partition coefficient (Wildman–Crippen LogP) is 3.74. The van der Waals surface area contributed by atoms with Gasteiger partial charge in [-0.25, -0.2) is 23.7 Å². The minimum atomic E-state index is -0.688. The third-order valence-corrected chi connectivity index (χ3v) is 5.10. The number of fused-ring (bicyclic) bond motifs is 1. The summed E-state index contributed by atoms with van der Waals surface area (Å²) in [5.74, 6) is 0.130. The third kappa shape index (κ3) is 3.54. The fraction of sp³-hybridized carbons (Fsp3) is 0.238. The van der Waals surface area contributed by atoms with E-state index in [9.17, 15) is 8.78 Å². The molecule has 0 saturated carbocycles. The van der Waals surface area contributed by atoms with Crippen molar-refractivity contribution in [3.05, 3.63) is 60.7 Å². The van der Waals surface area contributed by atoms with Gasteiger partial charge in [-0.05, 0) is 18.2 Å². The second-order valence-electron chi connectivity index (χ2n) is 7.08. The molecule has 1 N–H and O–H groups in total. The van der Waals surface area contributed by atoms with Crippen LogP contribution in [0.15, 0.2) is 49.1 Å². The Bertz CT molecular complexity index is 1180. The lowest BCUT2D eigenvalue weighted by Crippen LogP contribution is -2.39. The maximum atomic E-state index is 13.9. The molecule has 1 saturated heterocycles. The minimum absolute atomic E-state index is 0.0733. The highest BCUT2D eigenvalue weighted by molar-refractivity contribution is 5.81. The molecule has 0 unspecified atom stereocenters. The SMILES string of the molecule is Fc1ccc(OC2CCN(c3nc4ccncc4nc3-c3ncc[nH]3)CC2)c(F)c1. The van der Waals surface area contributed by atoms with Gasteiger partial charge in [-0.2, -0.15) is 0 Å². The van der Waals surface area contributed by atoms with Gasteiger partial charge in [-0.3, -0.25) is 4.98 Å². The van der Waals surface area contributed by atoms with Gasteiger partial charge in [0, 0.05) is 50.6 Å². The van der Waals surface area contributed by atoms with Crippen LogP contribution in [0.5, 0.6) is 5.75 Å². The molecule has 4 heterocycles. The van der Waals surface area contributed by atoms with Crippen LogP contribution in [0.4, 0.5) is 14.6 Å². The number of ether oxygens (including phenoxy) is 1. The van der Waals surface area contributed by atoms with Crippen molar-refractivity contribution in [3.63, 3.8) is 0 Å². The lowest BCUT2D eigenvalue weighted by Gasteiger charge is -2.33. The van der Waals surface area contributed by atoms with Gasteiger partial charge in [0.2, 0.25) is 0 Å². The van der Waals surface area contributed by atoms with Crippen molar-refractivity contribution in [3.8, 4) is 17.3 Å². The van der Waals surface area contributed by atoms with Crippen molar-refractivity contribution >= 4 is 16.9 Å².